The highest BCUT2D eigenvalue weighted by Crippen LogP contribution is 2.41. The molecule has 2 aliphatic rings. The number of morpholine rings is 1. The fourth-order valence-corrected chi connectivity index (χ4v) is 4.41. The van der Waals surface area contributed by atoms with Crippen LogP contribution >= 0.6 is 0 Å². The summed E-state index contributed by atoms with van der Waals surface area (Å²) in [5.41, 5.74) is 2.60. The van der Waals surface area contributed by atoms with Crippen LogP contribution in [0.15, 0.2) is 42.5 Å². The number of pyridine rings is 1. The molecule has 6 heteroatoms. The number of carbonyl (C=O) groups excluding carboxylic acids is 1. The van der Waals surface area contributed by atoms with Gasteiger partial charge in [-0.05, 0) is 37.1 Å². The zero-order valence-electron chi connectivity index (χ0n) is 16.3. The standard InChI is InChI=1S/C22H26N2O4/c1-15-8-18(9-16(2)23-15)22(26)10-19-13-27-14-20(11-22)24(19)21(25)28-12-17-6-4-3-5-7-17/h3-9,19-20,26H,10-14H2,1-2H3. The van der Waals surface area contributed by atoms with Gasteiger partial charge in [0.05, 0.1) is 30.9 Å². The molecule has 2 saturated heterocycles. The van der Waals surface area contributed by atoms with Crippen LogP contribution in [-0.4, -0.2) is 46.4 Å². The lowest BCUT2D eigenvalue weighted by Gasteiger charge is -2.51. The van der Waals surface area contributed by atoms with Crippen LogP contribution in [0, 0.1) is 13.8 Å². The molecule has 28 heavy (non-hydrogen) atoms. The van der Waals surface area contributed by atoms with Gasteiger partial charge in [-0.3, -0.25) is 9.88 Å². The van der Waals surface area contributed by atoms with Gasteiger partial charge in [0.15, 0.2) is 0 Å². The van der Waals surface area contributed by atoms with Crippen molar-refractivity contribution < 1.29 is 19.4 Å². The predicted molar refractivity (Wildman–Crippen MR) is 104 cm³/mol. The average molecular weight is 382 g/mol. The molecule has 1 amide bonds. The summed E-state index contributed by atoms with van der Waals surface area (Å²) in [5.74, 6) is 0. The molecular weight excluding hydrogens is 356 g/mol. The Morgan fingerprint density at radius 1 is 1.18 bits per heavy atom. The molecule has 1 aromatic heterocycles. The maximum atomic E-state index is 12.8. The number of amides is 1. The zero-order valence-corrected chi connectivity index (χ0v) is 16.3. The summed E-state index contributed by atoms with van der Waals surface area (Å²) in [7, 11) is 0. The van der Waals surface area contributed by atoms with Crippen molar-refractivity contribution in [2.24, 2.45) is 0 Å². The summed E-state index contributed by atoms with van der Waals surface area (Å²) in [6.07, 6.45) is 0.505. The molecule has 2 bridgehead atoms. The van der Waals surface area contributed by atoms with Gasteiger partial charge in [0.2, 0.25) is 0 Å². The van der Waals surface area contributed by atoms with Crippen LogP contribution in [0.2, 0.25) is 0 Å². The molecule has 2 unspecified atom stereocenters. The second-order valence-corrected chi connectivity index (χ2v) is 7.87. The fourth-order valence-electron chi connectivity index (χ4n) is 4.41. The molecule has 2 atom stereocenters. The Hall–Kier alpha value is -2.44. The van der Waals surface area contributed by atoms with Crippen molar-refractivity contribution >= 4 is 6.09 Å². The quantitative estimate of drug-likeness (QED) is 0.883. The number of ether oxygens (including phenoxy) is 2. The lowest BCUT2D eigenvalue weighted by molar-refractivity contribution is -0.137. The third-order valence-corrected chi connectivity index (χ3v) is 5.59. The number of aryl methyl sites for hydroxylation is 2. The third kappa shape index (κ3) is 3.75. The molecule has 6 nitrogen and oxygen atoms in total. The minimum Gasteiger partial charge on any atom is -0.445 e. The number of piperidine rings is 1. The van der Waals surface area contributed by atoms with E-state index in [0.717, 1.165) is 22.5 Å². The van der Waals surface area contributed by atoms with Crippen molar-refractivity contribution in [1.82, 2.24) is 9.88 Å². The van der Waals surface area contributed by atoms with E-state index in [4.69, 9.17) is 9.47 Å². The minimum atomic E-state index is -0.992. The van der Waals surface area contributed by atoms with Crippen molar-refractivity contribution in [2.45, 2.75) is 51.0 Å². The van der Waals surface area contributed by atoms with E-state index in [2.05, 4.69) is 4.98 Å². The molecule has 4 rings (SSSR count). The van der Waals surface area contributed by atoms with Crippen LogP contribution in [0.5, 0.6) is 0 Å². The molecule has 2 aromatic rings. The van der Waals surface area contributed by atoms with Gasteiger partial charge >= 0.3 is 6.09 Å². The maximum absolute atomic E-state index is 12.8. The Labute approximate surface area is 165 Å². The molecule has 2 fully saturated rings. The third-order valence-electron chi connectivity index (χ3n) is 5.59. The SMILES string of the molecule is Cc1cc(C2(O)CC3COCC(C2)N3C(=O)OCc2ccccc2)cc(C)n1. The highest BCUT2D eigenvalue weighted by Gasteiger charge is 2.49. The smallest absolute Gasteiger partial charge is 0.410 e. The van der Waals surface area contributed by atoms with Gasteiger partial charge in [-0.25, -0.2) is 4.79 Å². The highest BCUT2D eigenvalue weighted by atomic mass is 16.6. The number of benzene rings is 1. The van der Waals surface area contributed by atoms with E-state index < -0.39 is 5.60 Å². The van der Waals surface area contributed by atoms with Gasteiger partial charge in [-0.15, -0.1) is 0 Å². The molecule has 1 N–H and O–H groups in total. The number of aliphatic hydroxyl groups is 1. The molecule has 2 aliphatic heterocycles. The number of carbonyl (C=O) groups is 1. The maximum Gasteiger partial charge on any atom is 0.410 e. The Morgan fingerprint density at radius 3 is 2.39 bits per heavy atom. The number of nitrogens with zero attached hydrogens (tertiary/aromatic N) is 2. The summed E-state index contributed by atoms with van der Waals surface area (Å²) in [4.78, 5) is 19.0. The van der Waals surface area contributed by atoms with E-state index in [9.17, 15) is 9.90 Å². The Bertz CT molecular complexity index is 821. The van der Waals surface area contributed by atoms with E-state index in [-0.39, 0.29) is 24.8 Å². The summed E-state index contributed by atoms with van der Waals surface area (Å²) >= 11 is 0. The first-order chi connectivity index (χ1) is 13.4. The molecule has 0 radical (unpaired) electrons. The zero-order chi connectivity index (χ0) is 19.7. The minimum absolute atomic E-state index is 0.213. The first-order valence-corrected chi connectivity index (χ1v) is 9.69. The van der Waals surface area contributed by atoms with Crippen LogP contribution in [0.4, 0.5) is 4.79 Å². The van der Waals surface area contributed by atoms with E-state index >= 15 is 0 Å². The second-order valence-electron chi connectivity index (χ2n) is 7.87. The first kappa shape index (κ1) is 18.9. The van der Waals surface area contributed by atoms with Gasteiger partial charge in [0.25, 0.3) is 0 Å². The summed E-state index contributed by atoms with van der Waals surface area (Å²) in [6.45, 7) is 4.91. The Kier molecular flexibility index (Phi) is 5.08. The Morgan fingerprint density at radius 2 is 1.79 bits per heavy atom. The number of rotatable bonds is 3. The van der Waals surface area contributed by atoms with Gasteiger partial charge in [-0.2, -0.15) is 0 Å². The van der Waals surface area contributed by atoms with Crippen molar-refractivity contribution in [3.63, 3.8) is 0 Å². The summed E-state index contributed by atoms with van der Waals surface area (Å²) < 4.78 is 11.2. The van der Waals surface area contributed by atoms with Crippen molar-refractivity contribution in [2.75, 3.05) is 13.2 Å². The van der Waals surface area contributed by atoms with Gasteiger partial charge in [0, 0.05) is 24.2 Å². The number of aromatic nitrogens is 1. The largest absolute Gasteiger partial charge is 0.445 e. The van der Waals surface area contributed by atoms with Crippen molar-refractivity contribution in [1.29, 1.82) is 0 Å². The molecule has 148 valence electrons. The molecule has 0 saturated carbocycles. The average Bonchev–Trinajstić information content (AvgIpc) is 2.65. The van der Waals surface area contributed by atoms with Gasteiger partial charge in [-0.1, -0.05) is 30.3 Å². The molecule has 0 aliphatic carbocycles. The molecule has 0 spiro atoms. The van der Waals surface area contributed by atoms with Gasteiger partial charge < -0.3 is 14.6 Å². The van der Waals surface area contributed by atoms with Crippen LogP contribution in [0.25, 0.3) is 0 Å². The van der Waals surface area contributed by atoms with E-state index in [1.165, 1.54) is 0 Å². The predicted octanol–water partition coefficient (Wildman–Crippen LogP) is 3.09. The lowest BCUT2D eigenvalue weighted by atomic mass is 9.77. The van der Waals surface area contributed by atoms with E-state index in [0.29, 0.717) is 26.1 Å². The van der Waals surface area contributed by atoms with E-state index in [1.54, 1.807) is 4.90 Å². The summed E-state index contributed by atoms with van der Waals surface area (Å²) in [5, 5.41) is 11.4. The van der Waals surface area contributed by atoms with Crippen LogP contribution in [0.1, 0.15) is 35.4 Å². The van der Waals surface area contributed by atoms with Crippen LogP contribution in [-0.2, 0) is 21.7 Å². The number of hydrogen-bond acceptors (Lipinski definition) is 5. The van der Waals surface area contributed by atoms with E-state index in [1.807, 2.05) is 56.3 Å². The first-order valence-electron chi connectivity index (χ1n) is 9.69. The number of hydrogen-bond donors (Lipinski definition) is 1. The molecule has 3 heterocycles. The molecule has 1 aromatic carbocycles. The van der Waals surface area contributed by atoms with Crippen molar-refractivity contribution in [3.05, 3.63) is 65.0 Å². The highest BCUT2D eigenvalue weighted by molar-refractivity contribution is 5.69. The fraction of sp³-hybridized carbons (Fsp3) is 0.455. The van der Waals surface area contributed by atoms with Crippen molar-refractivity contribution in [3.8, 4) is 0 Å². The second kappa shape index (κ2) is 7.53. The normalized spacial score (nSPS) is 26.8. The van der Waals surface area contributed by atoms with Crippen LogP contribution < -0.4 is 0 Å². The Balaban J connectivity index is 1.51. The van der Waals surface area contributed by atoms with Crippen LogP contribution in [0.3, 0.4) is 0 Å². The summed E-state index contributed by atoms with van der Waals surface area (Å²) in [6, 6.07) is 13.1. The molecular formula is C22H26N2O4. The monoisotopic (exact) mass is 382 g/mol. The van der Waals surface area contributed by atoms with Gasteiger partial charge in [0.1, 0.15) is 6.61 Å². The lowest BCUT2D eigenvalue weighted by Crippen LogP contribution is -2.62. The number of fused-ring (bicyclic) bond motifs is 2. The topological polar surface area (TPSA) is 71.9 Å².